The van der Waals surface area contributed by atoms with Crippen molar-refractivity contribution in [3.8, 4) is 0 Å². The predicted octanol–water partition coefficient (Wildman–Crippen LogP) is 2.56. The Hall–Kier alpha value is -2.37. The van der Waals surface area contributed by atoms with Gasteiger partial charge in [0, 0.05) is 0 Å². The molecule has 2 N–H and O–H groups in total. The van der Waals surface area contributed by atoms with Crippen molar-refractivity contribution in [1.82, 2.24) is 10.2 Å². The fraction of sp³-hybridized carbons (Fsp3) is 0.308. The molecule has 2 aromatic rings. The van der Waals surface area contributed by atoms with Crippen LogP contribution in [0.5, 0.6) is 0 Å². The van der Waals surface area contributed by atoms with E-state index in [-0.39, 0.29) is 17.4 Å². The summed E-state index contributed by atoms with van der Waals surface area (Å²) in [6.07, 6.45) is 1.57. The predicted molar refractivity (Wildman–Crippen MR) is 69.2 cm³/mol. The van der Waals surface area contributed by atoms with Gasteiger partial charge in [0.05, 0.1) is 18.0 Å². The molecular formula is C13H15N3O3. The molecule has 1 unspecified atom stereocenters. The van der Waals surface area contributed by atoms with Crippen LogP contribution in [-0.4, -0.2) is 21.3 Å². The number of carboxylic acids is 1. The second kappa shape index (κ2) is 5.09. The third-order valence-electron chi connectivity index (χ3n) is 2.99. The number of carboxylic acid groups (broad SMARTS) is 1. The molecule has 6 nitrogen and oxygen atoms in total. The summed E-state index contributed by atoms with van der Waals surface area (Å²) in [6.45, 7) is 5.31. The highest BCUT2D eigenvalue weighted by atomic mass is 16.4. The van der Waals surface area contributed by atoms with Gasteiger partial charge in [-0.3, -0.25) is 0 Å². The van der Waals surface area contributed by atoms with E-state index in [1.807, 2.05) is 13.0 Å². The second-order valence-corrected chi connectivity index (χ2v) is 4.32. The summed E-state index contributed by atoms with van der Waals surface area (Å²) in [7, 11) is 0. The molecule has 0 radical (unpaired) electrons. The van der Waals surface area contributed by atoms with Crippen molar-refractivity contribution < 1.29 is 14.3 Å². The van der Waals surface area contributed by atoms with E-state index in [0.717, 1.165) is 0 Å². The summed E-state index contributed by atoms with van der Waals surface area (Å²) in [5.41, 5.74) is 1.36. The zero-order valence-electron chi connectivity index (χ0n) is 11.0. The van der Waals surface area contributed by atoms with Gasteiger partial charge in [0.25, 0.3) is 0 Å². The molecule has 0 amide bonds. The minimum Gasteiger partial charge on any atom is -0.478 e. The van der Waals surface area contributed by atoms with E-state index in [9.17, 15) is 9.90 Å². The van der Waals surface area contributed by atoms with E-state index in [4.69, 9.17) is 4.42 Å². The smallest absolute Gasteiger partial charge is 0.339 e. The van der Waals surface area contributed by atoms with Crippen LogP contribution in [0, 0.1) is 13.8 Å². The minimum absolute atomic E-state index is 0.144. The number of hydrogen-bond donors (Lipinski definition) is 2. The van der Waals surface area contributed by atoms with Gasteiger partial charge in [-0.05, 0) is 38.5 Å². The number of aryl methyl sites for hydroxylation is 1. The zero-order valence-corrected chi connectivity index (χ0v) is 11.0. The number of nitrogens with one attached hydrogen (secondary N) is 1. The van der Waals surface area contributed by atoms with Crippen molar-refractivity contribution in [3.63, 3.8) is 0 Å². The molecule has 2 rings (SSSR count). The number of hydrogen-bond acceptors (Lipinski definition) is 5. The van der Waals surface area contributed by atoms with E-state index >= 15 is 0 Å². The Bertz CT molecular complexity index is 593. The summed E-state index contributed by atoms with van der Waals surface area (Å²) in [5.74, 6) is -0.0690. The lowest BCUT2D eigenvalue weighted by molar-refractivity contribution is 0.0696. The highest BCUT2D eigenvalue weighted by molar-refractivity contribution is 5.94. The largest absolute Gasteiger partial charge is 0.478 e. The highest BCUT2D eigenvalue weighted by Crippen LogP contribution is 2.23. The summed E-state index contributed by atoms with van der Waals surface area (Å²) in [6, 6.07) is 3.40. The van der Waals surface area contributed by atoms with Gasteiger partial charge in [0.15, 0.2) is 5.82 Å². The van der Waals surface area contributed by atoms with Gasteiger partial charge in [0.2, 0.25) is 0 Å². The fourth-order valence-corrected chi connectivity index (χ4v) is 1.79. The Balaban J connectivity index is 2.35. The number of aromatic nitrogens is 2. The molecule has 0 spiro atoms. The molecule has 0 saturated carbocycles. The van der Waals surface area contributed by atoms with Crippen molar-refractivity contribution in [2.24, 2.45) is 0 Å². The van der Waals surface area contributed by atoms with Gasteiger partial charge in [0.1, 0.15) is 11.3 Å². The third kappa shape index (κ3) is 2.57. The molecule has 0 aliphatic carbocycles. The van der Waals surface area contributed by atoms with Crippen LogP contribution in [-0.2, 0) is 0 Å². The van der Waals surface area contributed by atoms with Crippen LogP contribution in [0.4, 0.5) is 5.82 Å². The molecule has 19 heavy (non-hydrogen) atoms. The maximum Gasteiger partial charge on any atom is 0.339 e. The van der Waals surface area contributed by atoms with Crippen LogP contribution >= 0.6 is 0 Å². The van der Waals surface area contributed by atoms with Crippen LogP contribution in [0.1, 0.15) is 40.3 Å². The molecule has 6 heteroatoms. The number of furan rings is 1. The summed E-state index contributed by atoms with van der Waals surface area (Å²) >= 11 is 0. The van der Waals surface area contributed by atoms with Gasteiger partial charge in [-0.2, -0.15) is 5.10 Å². The van der Waals surface area contributed by atoms with Crippen LogP contribution < -0.4 is 5.32 Å². The Morgan fingerprint density at radius 2 is 2.16 bits per heavy atom. The maximum atomic E-state index is 11.3. The molecule has 2 aromatic heterocycles. The standard InChI is InChI=1S/C13H15N3O3/c1-7-8(2)15-16-12(11(7)13(17)18)14-9(3)10-5-4-6-19-10/h4-6,9H,1-3H3,(H,14,16)(H,17,18). The molecular weight excluding hydrogens is 246 g/mol. The molecule has 0 aliphatic rings. The lowest BCUT2D eigenvalue weighted by Gasteiger charge is -2.15. The first-order valence-electron chi connectivity index (χ1n) is 5.87. The van der Waals surface area contributed by atoms with Gasteiger partial charge in [-0.25, -0.2) is 4.79 Å². The third-order valence-corrected chi connectivity index (χ3v) is 2.99. The number of aromatic carboxylic acids is 1. The van der Waals surface area contributed by atoms with Gasteiger partial charge < -0.3 is 14.8 Å². The van der Waals surface area contributed by atoms with Gasteiger partial charge in [-0.15, -0.1) is 5.10 Å². The molecule has 0 fully saturated rings. The zero-order chi connectivity index (χ0) is 14.0. The van der Waals surface area contributed by atoms with E-state index in [1.165, 1.54) is 0 Å². The first kappa shape index (κ1) is 13.1. The highest BCUT2D eigenvalue weighted by Gasteiger charge is 2.20. The Morgan fingerprint density at radius 1 is 1.42 bits per heavy atom. The molecule has 100 valence electrons. The average molecular weight is 261 g/mol. The molecule has 2 heterocycles. The van der Waals surface area contributed by atoms with Crippen molar-refractivity contribution >= 4 is 11.8 Å². The van der Waals surface area contributed by atoms with E-state index in [2.05, 4.69) is 15.5 Å². The Morgan fingerprint density at radius 3 is 2.74 bits per heavy atom. The number of anilines is 1. The van der Waals surface area contributed by atoms with Crippen molar-refractivity contribution in [2.75, 3.05) is 5.32 Å². The monoisotopic (exact) mass is 261 g/mol. The van der Waals surface area contributed by atoms with Gasteiger partial charge >= 0.3 is 5.97 Å². The van der Waals surface area contributed by atoms with Gasteiger partial charge in [-0.1, -0.05) is 0 Å². The van der Waals surface area contributed by atoms with Crippen LogP contribution in [0.25, 0.3) is 0 Å². The van der Waals surface area contributed by atoms with Crippen molar-refractivity contribution in [2.45, 2.75) is 26.8 Å². The van der Waals surface area contributed by atoms with E-state index in [0.29, 0.717) is 17.0 Å². The number of rotatable bonds is 4. The second-order valence-electron chi connectivity index (χ2n) is 4.32. The summed E-state index contributed by atoms with van der Waals surface area (Å²) in [5, 5.41) is 20.2. The fourth-order valence-electron chi connectivity index (χ4n) is 1.79. The minimum atomic E-state index is -1.02. The van der Waals surface area contributed by atoms with Crippen LogP contribution in [0.3, 0.4) is 0 Å². The lowest BCUT2D eigenvalue weighted by atomic mass is 10.1. The SMILES string of the molecule is Cc1nnc(NC(C)c2ccco2)c(C(=O)O)c1C. The maximum absolute atomic E-state index is 11.3. The molecule has 0 aromatic carbocycles. The topological polar surface area (TPSA) is 88.3 Å². The average Bonchev–Trinajstić information content (AvgIpc) is 2.87. The molecule has 0 bridgehead atoms. The lowest BCUT2D eigenvalue weighted by Crippen LogP contribution is -2.15. The first-order chi connectivity index (χ1) is 9.00. The van der Waals surface area contributed by atoms with E-state index in [1.54, 1.807) is 26.2 Å². The first-order valence-corrected chi connectivity index (χ1v) is 5.87. The quantitative estimate of drug-likeness (QED) is 0.879. The van der Waals surface area contributed by atoms with Crippen LogP contribution in [0.15, 0.2) is 22.8 Å². The van der Waals surface area contributed by atoms with Crippen molar-refractivity contribution in [3.05, 3.63) is 41.0 Å². The Kier molecular flexibility index (Phi) is 3.50. The van der Waals surface area contributed by atoms with E-state index < -0.39 is 5.97 Å². The molecule has 0 saturated heterocycles. The summed E-state index contributed by atoms with van der Waals surface area (Å²) < 4.78 is 5.26. The normalized spacial score (nSPS) is 12.2. The Labute approximate surface area is 110 Å². The van der Waals surface area contributed by atoms with Crippen LogP contribution in [0.2, 0.25) is 0 Å². The number of nitrogens with zero attached hydrogens (tertiary/aromatic N) is 2. The number of carbonyl (C=O) groups is 1. The molecule has 0 aliphatic heterocycles. The summed E-state index contributed by atoms with van der Waals surface area (Å²) in [4.78, 5) is 11.3. The van der Waals surface area contributed by atoms with Crippen molar-refractivity contribution in [1.29, 1.82) is 0 Å². The molecule has 1 atom stereocenters.